The minimum atomic E-state index is -0.869. The molecule has 0 saturated carbocycles. The Labute approximate surface area is 110 Å². The van der Waals surface area contributed by atoms with E-state index in [1.165, 1.54) is 6.07 Å². The fourth-order valence-corrected chi connectivity index (χ4v) is 2.14. The molecule has 19 heavy (non-hydrogen) atoms. The Bertz CT molecular complexity index is 665. The average Bonchev–Trinajstić information content (AvgIpc) is 2.81. The molecule has 0 aliphatic heterocycles. The first-order valence-electron chi connectivity index (χ1n) is 5.06. The highest BCUT2D eigenvalue weighted by Gasteiger charge is 2.17. The first-order chi connectivity index (χ1) is 9.11. The van der Waals surface area contributed by atoms with Gasteiger partial charge in [0.05, 0.1) is 5.69 Å². The third kappa shape index (κ3) is 2.83. The minimum Gasteiger partial charge on any atom is -0.319 e. The van der Waals surface area contributed by atoms with Crippen LogP contribution >= 0.6 is 11.3 Å². The molecule has 1 aromatic carbocycles. The van der Waals surface area contributed by atoms with Crippen molar-refractivity contribution in [2.24, 2.45) is 0 Å². The van der Waals surface area contributed by atoms with Gasteiger partial charge in [0, 0.05) is 6.07 Å². The maximum absolute atomic E-state index is 13.4. The third-order valence-corrected chi connectivity index (χ3v) is 3.13. The lowest BCUT2D eigenvalue weighted by Gasteiger charge is -2.05. The summed E-state index contributed by atoms with van der Waals surface area (Å²) in [4.78, 5) is 12.1. The number of thiophene rings is 1. The summed E-state index contributed by atoms with van der Waals surface area (Å²) in [6.07, 6.45) is 0. The van der Waals surface area contributed by atoms with E-state index in [1.54, 1.807) is 5.38 Å². The molecular weight excluding hydrogens is 274 g/mol. The monoisotopic (exact) mass is 281 g/mol. The highest BCUT2D eigenvalue weighted by Crippen LogP contribution is 2.24. The number of diazo groups is 1. The molecule has 2 aromatic rings. The fourth-order valence-electron chi connectivity index (χ4n) is 1.40. The summed E-state index contributed by atoms with van der Waals surface area (Å²) in [6.45, 7) is 0. The van der Waals surface area contributed by atoms with Gasteiger partial charge in [-0.25, -0.2) is 8.78 Å². The predicted octanol–water partition coefficient (Wildman–Crippen LogP) is 3.46. The van der Waals surface area contributed by atoms with Gasteiger partial charge >= 0.3 is 5.08 Å². The van der Waals surface area contributed by atoms with Gasteiger partial charge in [0.2, 0.25) is 0 Å². The molecule has 0 unspecified atom stereocenters. The van der Waals surface area contributed by atoms with Crippen molar-refractivity contribution in [2.75, 3.05) is 10.7 Å². The summed E-state index contributed by atoms with van der Waals surface area (Å²) in [5.74, 6) is -2.19. The van der Waals surface area contributed by atoms with Crippen LogP contribution in [0.3, 0.4) is 0 Å². The molecule has 0 atom stereocenters. The van der Waals surface area contributed by atoms with Crippen molar-refractivity contribution < 1.29 is 13.6 Å². The van der Waals surface area contributed by atoms with Crippen LogP contribution in [0.4, 0.5) is 20.2 Å². The molecule has 0 radical (unpaired) electrons. The number of nitrogens with zero attached hydrogens (tertiary/aromatic N) is 2. The maximum Gasteiger partial charge on any atom is 0.308 e. The summed E-state index contributed by atoms with van der Waals surface area (Å²) in [7, 11) is 0. The van der Waals surface area contributed by atoms with Crippen LogP contribution in [0, 0.1) is 17.0 Å². The van der Waals surface area contributed by atoms with Gasteiger partial charge in [0.1, 0.15) is 22.2 Å². The van der Waals surface area contributed by atoms with Crippen molar-refractivity contribution >= 4 is 28.6 Å². The van der Waals surface area contributed by atoms with E-state index in [9.17, 15) is 13.6 Å². The number of carbonyl (C=O) groups is 1. The average molecular weight is 281 g/mol. The van der Waals surface area contributed by atoms with Gasteiger partial charge in [-0.1, -0.05) is 0 Å². The molecule has 0 saturated heterocycles. The number of carbonyl (C=O) groups excluding carboxylic acids is 1. The van der Waals surface area contributed by atoms with E-state index in [0.717, 1.165) is 23.5 Å². The van der Waals surface area contributed by atoms with Crippen molar-refractivity contribution in [3.63, 3.8) is 0 Å². The molecule has 5 nitrogen and oxygen atoms in total. The molecular formula is C11H7F2N4OS+. The lowest BCUT2D eigenvalue weighted by atomic mass is 10.3. The van der Waals surface area contributed by atoms with Gasteiger partial charge in [0.15, 0.2) is 0 Å². The molecule has 1 amide bonds. The smallest absolute Gasteiger partial charge is 0.308 e. The minimum absolute atomic E-state index is 0.133. The van der Waals surface area contributed by atoms with Gasteiger partial charge in [0.25, 0.3) is 11.3 Å². The largest absolute Gasteiger partial charge is 0.319 e. The number of hydrogen-bond acceptors (Lipinski definition) is 4. The van der Waals surface area contributed by atoms with E-state index in [-0.39, 0.29) is 16.3 Å². The molecule has 2 N–H and O–H groups in total. The number of anilines is 2. The molecule has 0 bridgehead atoms. The van der Waals surface area contributed by atoms with E-state index >= 15 is 0 Å². The van der Waals surface area contributed by atoms with E-state index < -0.39 is 17.5 Å². The Morgan fingerprint density at radius 3 is 2.74 bits per heavy atom. The number of hydrogen-bond donors (Lipinski definition) is 2. The summed E-state index contributed by atoms with van der Waals surface area (Å²) >= 11 is 1.08. The Kier molecular flexibility index (Phi) is 3.68. The number of nitrogens with one attached hydrogen (secondary N) is 2. The van der Waals surface area contributed by atoms with Crippen LogP contribution in [0.2, 0.25) is 0 Å². The predicted molar refractivity (Wildman–Crippen MR) is 67.3 cm³/mol. The molecule has 1 heterocycles. The summed E-state index contributed by atoms with van der Waals surface area (Å²) in [5.41, 5.74) is 2.37. The molecule has 0 aliphatic rings. The Balaban J connectivity index is 2.21. The number of benzene rings is 1. The highest BCUT2D eigenvalue weighted by molar-refractivity contribution is 7.12. The maximum atomic E-state index is 13.4. The Morgan fingerprint density at radius 1 is 1.26 bits per heavy atom. The molecule has 2 rings (SSSR count). The SMILES string of the molecule is N#[N+]Nc1ccsc1C(=O)Nc1ccc(F)cc1F. The van der Waals surface area contributed by atoms with Crippen LogP contribution in [0.5, 0.6) is 0 Å². The van der Waals surface area contributed by atoms with Crippen molar-refractivity contribution in [1.29, 1.82) is 5.39 Å². The van der Waals surface area contributed by atoms with Crippen LogP contribution in [0.15, 0.2) is 29.6 Å². The van der Waals surface area contributed by atoms with Crippen LogP contribution in [-0.2, 0) is 0 Å². The van der Waals surface area contributed by atoms with E-state index in [0.29, 0.717) is 6.07 Å². The number of rotatable bonds is 3. The second-order valence-electron chi connectivity index (χ2n) is 3.45. The van der Waals surface area contributed by atoms with Crippen LogP contribution in [0.25, 0.3) is 5.08 Å². The quantitative estimate of drug-likeness (QED) is 0.668. The summed E-state index contributed by atoms with van der Waals surface area (Å²) < 4.78 is 26.1. The zero-order valence-electron chi connectivity index (χ0n) is 9.35. The van der Waals surface area contributed by atoms with E-state index in [4.69, 9.17) is 5.39 Å². The van der Waals surface area contributed by atoms with Crippen LogP contribution in [0.1, 0.15) is 9.67 Å². The molecule has 96 valence electrons. The Hall–Kier alpha value is -2.53. The lowest BCUT2D eigenvalue weighted by molar-refractivity contribution is 0.103. The fraction of sp³-hybridized carbons (Fsp3) is 0. The van der Waals surface area contributed by atoms with Crippen molar-refractivity contribution in [1.82, 2.24) is 0 Å². The van der Waals surface area contributed by atoms with Gasteiger partial charge in [-0.15, -0.1) is 11.3 Å². The van der Waals surface area contributed by atoms with Crippen LogP contribution < -0.4 is 10.7 Å². The summed E-state index contributed by atoms with van der Waals surface area (Å²) in [5, 5.41) is 15.0. The zero-order chi connectivity index (χ0) is 13.8. The lowest BCUT2D eigenvalue weighted by Crippen LogP contribution is -2.12. The van der Waals surface area contributed by atoms with Crippen molar-refractivity contribution in [2.45, 2.75) is 0 Å². The van der Waals surface area contributed by atoms with Gasteiger partial charge in [-0.2, -0.15) is 0 Å². The second-order valence-corrected chi connectivity index (χ2v) is 4.37. The first-order valence-corrected chi connectivity index (χ1v) is 5.94. The summed E-state index contributed by atoms with van der Waals surface area (Å²) in [6, 6.07) is 4.36. The van der Waals surface area contributed by atoms with E-state index in [1.807, 2.05) is 0 Å². The molecule has 0 spiro atoms. The molecule has 0 fully saturated rings. The number of amides is 1. The van der Waals surface area contributed by atoms with Gasteiger partial charge < -0.3 is 5.32 Å². The zero-order valence-corrected chi connectivity index (χ0v) is 10.2. The second kappa shape index (κ2) is 5.41. The van der Waals surface area contributed by atoms with Crippen molar-refractivity contribution in [3.8, 4) is 0 Å². The van der Waals surface area contributed by atoms with Gasteiger partial charge in [-0.05, 0) is 29.0 Å². The highest BCUT2D eigenvalue weighted by atomic mass is 32.1. The number of halogens is 2. The first kappa shape index (κ1) is 12.9. The van der Waals surface area contributed by atoms with Crippen molar-refractivity contribution in [3.05, 3.63) is 51.2 Å². The third-order valence-electron chi connectivity index (χ3n) is 2.22. The van der Waals surface area contributed by atoms with Gasteiger partial charge in [-0.3, -0.25) is 4.79 Å². The van der Waals surface area contributed by atoms with Crippen LogP contribution in [-0.4, -0.2) is 5.91 Å². The molecule has 1 aromatic heterocycles. The standard InChI is InChI=1S/C11H6F2N4OS/c12-6-1-2-8(7(13)5-6)15-11(18)10-9(16-17-14)3-4-19-10/h1-5H,(H-,15,16,18)/p+1. The molecule has 8 heteroatoms. The normalized spacial score (nSPS) is 9.74. The topological polar surface area (TPSA) is 69.3 Å². The molecule has 0 aliphatic carbocycles. The van der Waals surface area contributed by atoms with E-state index in [2.05, 4.69) is 15.8 Å². The Morgan fingerprint density at radius 2 is 2.05 bits per heavy atom.